The van der Waals surface area contributed by atoms with E-state index in [0.29, 0.717) is 18.7 Å². The van der Waals surface area contributed by atoms with Crippen LogP contribution in [-0.4, -0.2) is 33.5 Å². The molecule has 0 saturated carbocycles. The zero-order valence-corrected chi connectivity index (χ0v) is 20.8. The van der Waals surface area contributed by atoms with Gasteiger partial charge in [0.25, 0.3) is 0 Å². The second kappa shape index (κ2) is 10.4. The molecule has 1 aliphatic heterocycles. The number of benzene rings is 3. The molecule has 4 rings (SSSR count). The molecule has 0 fully saturated rings. The first-order valence-electron chi connectivity index (χ1n) is 10.6. The summed E-state index contributed by atoms with van der Waals surface area (Å²) in [7, 11) is 4.93. The molecular formula is C26H27NO4S2. The standard InChI is InChI=1S/C26H27NO4S2/c1-29-18-7-11-21(23(13-18)31-3)24-15-26(28)27(16-17-5-9-20(32-4)10-6-17)22-12-8-19(30-2)14-25(22)33-24/h5-14,24H,15-16H2,1-4H3. The molecule has 0 saturated heterocycles. The normalized spacial score (nSPS) is 15.6. The minimum Gasteiger partial charge on any atom is -0.497 e. The quantitative estimate of drug-likeness (QED) is 0.374. The molecule has 0 bridgehead atoms. The van der Waals surface area contributed by atoms with E-state index in [1.54, 1.807) is 44.9 Å². The smallest absolute Gasteiger partial charge is 0.228 e. The molecule has 3 aromatic rings. The number of anilines is 1. The van der Waals surface area contributed by atoms with Crippen LogP contribution in [0.2, 0.25) is 0 Å². The molecule has 7 heteroatoms. The maximum Gasteiger partial charge on any atom is 0.228 e. The van der Waals surface area contributed by atoms with Crippen molar-refractivity contribution in [1.29, 1.82) is 0 Å². The van der Waals surface area contributed by atoms with E-state index < -0.39 is 0 Å². The predicted molar refractivity (Wildman–Crippen MR) is 135 cm³/mol. The third kappa shape index (κ3) is 5.09. The van der Waals surface area contributed by atoms with Gasteiger partial charge in [0.05, 0.1) is 33.6 Å². The zero-order chi connectivity index (χ0) is 23.4. The summed E-state index contributed by atoms with van der Waals surface area (Å²) in [5, 5.41) is -0.104. The summed E-state index contributed by atoms with van der Waals surface area (Å²) >= 11 is 3.37. The van der Waals surface area contributed by atoms with Crippen molar-refractivity contribution >= 4 is 35.1 Å². The topological polar surface area (TPSA) is 48.0 Å². The van der Waals surface area contributed by atoms with Gasteiger partial charge >= 0.3 is 0 Å². The molecule has 172 valence electrons. The number of rotatable bonds is 7. The van der Waals surface area contributed by atoms with E-state index in [2.05, 4.69) is 30.5 Å². The van der Waals surface area contributed by atoms with Crippen LogP contribution in [0.15, 0.2) is 70.5 Å². The van der Waals surface area contributed by atoms with Crippen LogP contribution in [0.4, 0.5) is 5.69 Å². The van der Waals surface area contributed by atoms with E-state index in [-0.39, 0.29) is 11.2 Å². The highest BCUT2D eigenvalue weighted by Crippen LogP contribution is 2.49. The molecule has 0 aromatic heterocycles. The Labute approximate surface area is 203 Å². The van der Waals surface area contributed by atoms with Crippen LogP contribution in [0.25, 0.3) is 0 Å². The van der Waals surface area contributed by atoms with Gasteiger partial charge in [0.15, 0.2) is 0 Å². The Morgan fingerprint density at radius 2 is 1.64 bits per heavy atom. The van der Waals surface area contributed by atoms with E-state index in [4.69, 9.17) is 14.2 Å². The molecule has 1 atom stereocenters. The van der Waals surface area contributed by atoms with E-state index in [1.165, 1.54) is 4.90 Å². The van der Waals surface area contributed by atoms with E-state index in [1.807, 2.05) is 41.3 Å². The first-order valence-corrected chi connectivity index (χ1v) is 12.7. The molecule has 33 heavy (non-hydrogen) atoms. The lowest BCUT2D eigenvalue weighted by molar-refractivity contribution is -0.118. The zero-order valence-electron chi connectivity index (χ0n) is 19.2. The fourth-order valence-electron chi connectivity index (χ4n) is 3.88. The van der Waals surface area contributed by atoms with E-state index in [9.17, 15) is 4.79 Å². The van der Waals surface area contributed by atoms with Crippen LogP contribution >= 0.6 is 23.5 Å². The summed E-state index contributed by atoms with van der Waals surface area (Å²) in [6.45, 7) is 0.514. The van der Waals surface area contributed by atoms with Crippen molar-refractivity contribution in [1.82, 2.24) is 0 Å². The average Bonchev–Trinajstić information content (AvgIpc) is 2.99. The number of amides is 1. The van der Waals surface area contributed by atoms with Gasteiger partial charge in [-0.2, -0.15) is 0 Å². The lowest BCUT2D eigenvalue weighted by Crippen LogP contribution is -2.30. The highest BCUT2D eigenvalue weighted by Gasteiger charge is 2.31. The Morgan fingerprint density at radius 1 is 0.939 bits per heavy atom. The van der Waals surface area contributed by atoms with Crippen LogP contribution in [-0.2, 0) is 11.3 Å². The third-order valence-corrected chi connectivity index (χ3v) is 7.70. The van der Waals surface area contributed by atoms with Crippen molar-refractivity contribution in [3.05, 3.63) is 71.8 Å². The average molecular weight is 482 g/mol. The van der Waals surface area contributed by atoms with Crippen molar-refractivity contribution in [2.45, 2.75) is 28.0 Å². The molecule has 1 amide bonds. The van der Waals surface area contributed by atoms with Gasteiger partial charge in [-0.05, 0) is 48.2 Å². The maximum absolute atomic E-state index is 13.6. The Bertz CT molecular complexity index is 1130. The number of hydrogen-bond donors (Lipinski definition) is 0. The number of thioether (sulfide) groups is 2. The van der Waals surface area contributed by atoms with Crippen molar-refractivity contribution in [3.8, 4) is 17.2 Å². The van der Waals surface area contributed by atoms with Gasteiger partial charge in [-0.1, -0.05) is 18.2 Å². The number of carbonyl (C=O) groups excluding carboxylic acids is 1. The minimum atomic E-state index is -0.104. The van der Waals surface area contributed by atoms with Crippen LogP contribution in [0, 0.1) is 0 Å². The second-order valence-corrected chi connectivity index (χ2v) is 9.70. The van der Waals surface area contributed by atoms with Gasteiger partial charge in [-0.3, -0.25) is 4.79 Å². The van der Waals surface area contributed by atoms with Gasteiger partial charge in [0.1, 0.15) is 17.2 Å². The summed E-state index contributed by atoms with van der Waals surface area (Å²) in [5.41, 5.74) is 2.96. The number of carbonyl (C=O) groups is 1. The molecule has 1 aliphatic rings. The molecule has 0 spiro atoms. The summed E-state index contributed by atoms with van der Waals surface area (Å²) in [6, 6.07) is 20.0. The molecule has 1 heterocycles. The van der Waals surface area contributed by atoms with Crippen LogP contribution in [0.5, 0.6) is 17.2 Å². The molecule has 3 aromatic carbocycles. The molecule has 0 radical (unpaired) electrons. The highest BCUT2D eigenvalue weighted by atomic mass is 32.2. The van der Waals surface area contributed by atoms with Gasteiger partial charge in [-0.25, -0.2) is 0 Å². The Balaban J connectivity index is 1.73. The number of ether oxygens (including phenoxy) is 3. The van der Waals surface area contributed by atoms with Crippen molar-refractivity contribution in [2.75, 3.05) is 32.5 Å². The summed E-state index contributed by atoms with van der Waals surface area (Å²) < 4.78 is 16.5. The van der Waals surface area contributed by atoms with Crippen molar-refractivity contribution in [3.63, 3.8) is 0 Å². The van der Waals surface area contributed by atoms with Crippen molar-refractivity contribution in [2.24, 2.45) is 0 Å². The minimum absolute atomic E-state index is 0.0724. The molecular weight excluding hydrogens is 454 g/mol. The van der Waals surface area contributed by atoms with Crippen LogP contribution < -0.4 is 19.1 Å². The first-order chi connectivity index (χ1) is 16.1. The Hall–Kier alpha value is -2.77. The number of hydrogen-bond acceptors (Lipinski definition) is 6. The van der Waals surface area contributed by atoms with E-state index in [0.717, 1.165) is 33.2 Å². The largest absolute Gasteiger partial charge is 0.497 e. The molecule has 1 unspecified atom stereocenters. The third-order valence-electron chi connectivity index (χ3n) is 5.68. The van der Waals surface area contributed by atoms with Crippen LogP contribution in [0.3, 0.4) is 0 Å². The maximum atomic E-state index is 13.6. The van der Waals surface area contributed by atoms with Crippen molar-refractivity contribution < 1.29 is 19.0 Å². The van der Waals surface area contributed by atoms with Gasteiger partial charge in [-0.15, -0.1) is 23.5 Å². The number of nitrogens with zero attached hydrogens (tertiary/aromatic N) is 1. The lowest BCUT2D eigenvalue weighted by atomic mass is 10.1. The molecule has 0 aliphatic carbocycles. The fraction of sp³-hybridized carbons (Fsp3) is 0.269. The molecule has 5 nitrogen and oxygen atoms in total. The summed E-state index contributed by atoms with van der Waals surface area (Å²) in [6.07, 6.45) is 2.41. The monoisotopic (exact) mass is 481 g/mol. The van der Waals surface area contributed by atoms with Gasteiger partial charge in [0.2, 0.25) is 5.91 Å². The highest BCUT2D eigenvalue weighted by molar-refractivity contribution is 7.99. The predicted octanol–water partition coefficient (Wildman–Crippen LogP) is 6.20. The Kier molecular flexibility index (Phi) is 7.40. The first kappa shape index (κ1) is 23.4. The summed E-state index contributed by atoms with van der Waals surface area (Å²) in [5.74, 6) is 2.27. The van der Waals surface area contributed by atoms with E-state index >= 15 is 0 Å². The lowest BCUT2D eigenvalue weighted by Gasteiger charge is -2.23. The fourth-order valence-corrected chi connectivity index (χ4v) is 5.63. The second-order valence-electron chi connectivity index (χ2n) is 7.58. The van der Waals surface area contributed by atoms with Crippen LogP contribution in [0.1, 0.15) is 22.8 Å². The SMILES string of the molecule is COc1ccc(C2CC(=O)N(Cc3ccc(SC)cc3)c3ccc(OC)cc3S2)c(OC)c1. The number of methoxy groups -OCH3 is 3. The summed E-state index contributed by atoms with van der Waals surface area (Å²) in [4.78, 5) is 17.7. The molecule has 0 N–H and O–H groups in total. The van der Waals surface area contributed by atoms with Gasteiger partial charge in [0, 0.05) is 33.1 Å². The Morgan fingerprint density at radius 3 is 2.30 bits per heavy atom. The number of fused-ring (bicyclic) bond motifs is 1. The van der Waals surface area contributed by atoms with Gasteiger partial charge < -0.3 is 19.1 Å².